The van der Waals surface area contributed by atoms with Gasteiger partial charge < -0.3 is 0 Å². The predicted molar refractivity (Wildman–Crippen MR) is 71.3 cm³/mol. The molecule has 0 radical (unpaired) electrons. The van der Waals surface area contributed by atoms with Crippen LogP contribution in [0, 0.1) is 0 Å². The van der Waals surface area contributed by atoms with Crippen molar-refractivity contribution < 1.29 is 9.59 Å². The van der Waals surface area contributed by atoms with Crippen molar-refractivity contribution in [3.05, 3.63) is 47.5 Å². The van der Waals surface area contributed by atoms with Crippen LogP contribution in [0.5, 0.6) is 0 Å². The molecule has 0 aliphatic rings. The monoisotopic (exact) mass is 232 g/mol. The maximum Gasteiger partial charge on any atom is 0.150 e. The van der Waals surface area contributed by atoms with Gasteiger partial charge in [0.05, 0.1) is 0 Å². The summed E-state index contributed by atoms with van der Waals surface area (Å²) >= 11 is 0. The van der Waals surface area contributed by atoms with Gasteiger partial charge in [0.25, 0.3) is 0 Å². The molecule has 0 aromatic heterocycles. The molecule has 0 bridgehead atoms. The lowest BCUT2D eigenvalue weighted by atomic mass is 10.1. The Balaban J connectivity index is 0.000000325. The molecule has 0 saturated heterocycles. The Morgan fingerprint density at radius 1 is 1.06 bits per heavy atom. The smallest absolute Gasteiger partial charge is 0.150 e. The molecule has 2 nitrogen and oxygen atoms in total. The summed E-state index contributed by atoms with van der Waals surface area (Å²) in [7, 11) is 0. The fraction of sp³-hybridized carbons (Fsp3) is 0.333. The molecule has 0 aliphatic carbocycles. The van der Waals surface area contributed by atoms with Gasteiger partial charge in [-0.05, 0) is 24.5 Å². The lowest BCUT2D eigenvalue weighted by Crippen LogP contribution is -1.81. The average molecular weight is 232 g/mol. The standard InChI is InChI=1S/C9H10O.C6H10O/c1-2-8-3-5-9(7-10)6-4-8;1-2-3-4-5-6-7/h3-7H,2H2,1H3;4-6H,2-3H2,1H3. The average Bonchev–Trinajstić information content (AvgIpc) is 2.40. The highest BCUT2D eigenvalue weighted by molar-refractivity contribution is 5.74. The quantitative estimate of drug-likeness (QED) is 0.574. The zero-order valence-electron chi connectivity index (χ0n) is 10.6. The SMILES string of the molecule is CCCC=CC=O.CCc1ccc(C=O)cc1. The topological polar surface area (TPSA) is 34.1 Å². The number of aryl methyl sites for hydroxylation is 1. The number of hydrogen-bond acceptors (Lipinski definition) is 2. The second kappa shape index (κ2) is 10.8. The number of carbonyl (C=O) groups excluding carboxylic acids is 2. The van der Waals surface area contributed by atoms with Gasteiger partial charge in [0.15, 0.2) is 0 Å². The van der Waals surface area contributed by atoms with Crippen LogP contribution in [0.15, 0.2) is 36.4 Å². The molecule has 0 atom stereocenters. The fourth-order valence-electron chi connectivity index (χ4n) is 1.15. The third-order valence-electron chi connectivity index (χ3n) is 2.19. The lowest BCUT2D eigenvalue weighted by molar-refractivity contribution is -0.104. The molecule has 0 heterocycles. The molecule has 2 heteroatoms. The maximum atomic E-state index is 10.2. The third-order valence-corrected chi connectivity index (χ3v) is 2.19. The first-order valence-electron chi connectivity index (χ1n) is 5.92. The highest BCUT2D eigenvalue weighted by atomic mass is 16.1. The van der Waals surface area contributed by atoms with Gasteiger partial charge in [-0.15, -0.1) is 0 Å². The number of aldehydes is 2. The van der Waals surface area contributed by atoms with Crippen LogP contribution in [0.1, 0.15) is 42.6 Å². The van der Waals surface area contributed by atoms with E-state index in [2.05, 4.69) is 13.8 Å². The van der Waals surface area contributed by atoms with Crippen molar-refractivity contribution in [1.29, 1.82) is 0 Å². The number of unbranched alkanes of at least 4 members (excludes halogenated alkanes) is 1. The van der Waals surface area contributed by atoms with Crippen LogP contribution in [0.25, 0.3) is 0 Å². The van der Waals surface area contributed by atoms with Crippen LogP contribution in [-0.2, 0) is 11.2 Å². The van der Waals surface area contributed by atoms with E-state index < -0.39 is 0 Å². The number of hydrogen-bond donors (Lipinski definition) is 0. The minimum Gasteiger partial charge on any atom is -0.299 e. The summed E-state index contributed by atoms with van der Waals surface area (Å²) in [5.74, 6) is 0. The molecule has 1 aromatic carbocycles. The molecule has 0 aliphatic heterocycles. The molecule has 0 fully saturated rings. The number of rotatable bonds is 5. The Bertz CT molecular complexity index is 336. The van der Waals surface area contributed by atoms with Crippen molar-refractivity contribution in [3.63, 3.8) is 0 Å². The van der Waals surface area contributed by atoms with Gasteiger partial charge in [-0.3, -0.25) is 9.59 Å². The van der Waals surface area contributed by atoms with Crippen LogP contribution in [0.4, 0.5) is 0 Å². The van der Waals surface area contributed by atoms with E-state index >= 15 is 0 Å². The van der Waals surface area contributed by atoms with E-state index in [1.807, 2.05) is 30.3 Å². The molecule has 0 N–H and O–H groups in total. The van der Waals surface area contributed by atoms with E-state index in [0.717, 1.165) is 37.4 Å². The van der Waals surface area contributed by atoms with Crippen molar-refractivity contribution in [2.24, 2.45) is 0 Å². The number of benzene rings is 1. The number of carbonyl (C=O) groups is 2. The van der Waals surface area contributed by atoms with E-state index in [0.29, 0.717) is 0 Å². The maximum absolute atomic E-state index is 10.2. The highest BCUT2D eigenvalue weighted by Crippen LogP contribution is 2.01. The van der Waals surface area contributed by atoms with Gasteiger partial charge in [0, 0.05) is 5.56 Å². The van der Waals surface area contributed by atoms with E-state index in [-0.39, 0.29) is 0 Å². The van der Waals surface area contributed by atoms with E-state index in [1.165, 1.54) is 11.6 Å². The van der Waals surface area contributed by atoms with Crippen molar-refractivity contribution in [1.82, 2.24) is 0 Å². The van der Waals surface area contributed by atoms with Crippen molar-refractivity contribution in [2.75, 3.05) is 0 Å². The summed E-state index contributed by atoms with van der Waals surface area (Å²) in [6.07, 6.45) is 8.22. The summed E-state index contributed by atoms with van der Waals surface area (Å²) < 4.78 is 0. The normalized spacial score (nSPS) is 9.53. The Labute approximate surface area is 103 Å². The first kappa shape index (κ1) is 15.3. The molecule has 0 unspecified atom stereocenters. The van der Waals surface area contributed by atoms with Gasteiger partial charge in [-0.2, -0.15) is 0 Å². The summed E-state index contributed by atoms with van der Waals surface area (Å²) in [6, 6.07) is 7.63. The molecule has 1 aromatic rings. The minimum atomic E-state index is 0.747. The van der Waals surface area contributed by atoms with Gasteiger partial charge in [0.1, 0.15) is 12.6 Å². The highest BCUT2D eigenvalue weighted by Gasteiger charge is 1.88. The molecular formula is C15H20O2. The van der Waals surface area contributed by atoms with Crippen LogP contribution < -0.4 is 0 Å². The predicted octanol–water partition coefficient (Wildman–Crippen LogP) is 3.60. The van der Waals surface area contributed by atoms with E-state index in [1.54, 1.807) is 0 Å². The van der Waals surface area contributed by atoms with Crippen molar-refractivity contribution in [3.8, 4) is 0 Å². The summed E-state index contributed by atoms with van der Waals surface area (Å²) in [5, 5.41) is 0. The van der Waals surface area contributed by atoms with Crippen molar-refractivity contribution >= 4 is 12.6 Å². The summed E-state index contributed by atoms with van der Waals surface area (Å²) in [4.78, 5) is 19.8. The first-order chi connectivity index (χ1) is 8.28. The Kier molecular flexibility index (Phi) is 9.73. The van der Waals surface area contributed by atoms with E-state index in [9.17, 15) is 9.59 Å². The van der Waals surface area contributed by atoms with Gasteiger partial charge in [-0.1, -0.05) is 50.6 Å². The second-order valence-corrected chi connectivity index (χ2v) is 3.57. The molecule has 92 valence electrons. The molecule has 0 amide bonds. The van der Waals surface area contributed by atoms with Crippen molar-refractivity contribution in [2.45, 2.75) is 33.1 Å². The van der Waals surface area contributed by atoms with Crippen LogP contribution in [0.2, 0.25) is 0 Å². The van der Waals surface area contributed by atoms with Gasteiger partial charge in [0.2, 0.25) is 0 Å². The Morgan fingerprint density at radius 2 is 1.71 bits per heavy atom. The van der Waals surface area contributed by atoms with Gasteiger partial charge >= 0.3 is 0 Å². The zero-order chi connectivity index (χ0) is 12.9. The fourth-order valence-corrected chi connectivity index (χ4v) is 1.15. The second-order valence-electron chi connectivity index (χ2n) is 3.57. The van der Waals surface area contributed by atoms with Crippen LogP contribution >= 0.6 is 0 Å². The largest absolute Gasteiger partial charge is 0.299 e. The zero-order valence-corrected chi connectivity index (χ0v) is 10.6. The summed E-state index contributed by atoms with van der Waals surface area (Å²) in [5.41, 5.74) is 2.02. The van der Waals surface area contributed by atoms with Crippen LogP contribution in [0.3, 0.4) is 0 Å². The van der Waals surface area contributed by atoms with Gasteiger partial charge in [-0.25, -0.2) is 0 Å². The third kappa shape index (κ3) is 8.14. The molecular weight excluding hydrogens is 212 g/mol. The number of allylic oxidation sites excluding steroid dienone is 2. The Morgan fingerprint density at radius 3 is 2.12 bits per heavy atom. The first-order valence-corrected chi connectivity index (χ1v) is 5.92. The molecule has 0 saturated carbocycles. The van der Waals surface area contributed by atoms with E-state index in [4.69, 9.17) is 0 Å². The summed E-state index contributed by atoms with van der Waals surface area (Å²) in [6.45, 7) is 4.17. The molecule has 0 spiro atoms. The Hall–Kier alpha value is -1.70. The minimum absolute atomic E-state index is 0.747. The molecule has 1 rings (SSSR count). The molecule has 17 heavy (non-hydrogen) atoms. The lowest BCUT2D eigenvalue weighted by Gasteiger charge is -1.93. The van der Waals surface area contributed by atoms with Crippen LogP contribution in [-0.4, -0.2) is 12.6 Å².